The van der Waals surface area contributed by atoms with Gasteiger partial charge in [-0.2, -0.15) is 4.57 Å². The molecule has 0 unspecified atom stereocenters. The summed E-state index contributed by atoms with van der Waals surface area (Å²) in [5.41, 5.74) is 6.17. The van der Waals surface area contributed by atoms with E-state index in [9.17, 15) is 0 Å². The molecule has 0 amide bonds. The number of benzene rings is 3. The summed E-state index contributed by atoms with van der Waals surface area (Å²) in [6, 6.07) is 28.1. The lowest BCUT2D eigenvalue weighted by Gasteiger charge is -2.06. The molecule has 2 aromatic heterocycles. The van der Waals surface area contributed by atoms with Crippen molar-refractivity contribution in [2.45, 2.75) is 20.4 Å². The molecule has 0 aliphatic heterocycles. The zero-order valence-electron chi connectivity index (χ0n) is 17.8. The standard InChI is InChI=1S/C28H25N2.HI/c1-3-29-18-17-24(27-16-15-23-9-7-8-12-26(23)28(27)29)14-13-22-19-21(2)30(20-22)25-10-5-4-6-11-25;/h4-20H,3H2,1-2H3;1H/q+1;/p-1. The molecule has 0 aliphatic rings. The molecule has 5 rings (SSSR count). The molecular weight excluding hydrogens is 491 g/mol. The van der Waals surface area contributed by atoms with Crippen LogP contribution in [0.25, 0.3) is 39.5 Å². The van der Waals surface area contributed by atoms with Crippen LogP contribution < -0.4 is 28.5 Å². The van der Waals surface area contributed by atoms with Gasteiger partial charge < -0.3 is 28.5 Å². The topological polar surface area (TPSA) is 8.81 Å². The van der Waals surface area contributed by atoms with E-state index < -0.39 is 0 Å². The van der Waals surface area contributed by atoms with Crippen molar-refractivity contribution < 1.29 is 28.5 Å². The van der Waals surface area contributed by atoms with Crippen LogP contribution >= 0.6 is 0 Å². The van der Waals surface area contributed by atoms with E-state index in [2.05, 4.69) is 126 Å². The van der Waals surface area contributed by atoms with Crippen molar-refractivity contribution in [2.75, 3.05) is 0 Å². The maximum absolute atomic E-state index is 2.34. The number of hydrogen-bond acceptors (Lipinski definition) is 0. The van der Waals surface area contributed by atoms with E-state index in [1.165, 1.54) is 44.2 Å². The Hall–Kier alpha value is -2.92. The zero-order valence-corrected chi connectivity index (χ0v) is 20.0. The summed E-state index contributed by atoms with van der Waals surface area (Å²) >= 11 is 0. The van der Waals surface area contributed by atoms with E-state index in [-0.39, 0.29) is 24.0 Å². The fraction of sp³-hybridized carbons (Fsp3) is 0.107. The molecule has 2 heterocycles. The van der Waals surface area contributed by atoms with Crippen molar-refractivity contribution in [3.63, 3.8) is 0 Å². The van der Waals surface area contributed by atoms with Crippen LogP contribution in [0.3, 0.4) is 0 Å². The number of nitrogens with zero attached hydrogens (tertiary/aromatic N) is 2. The third-order valence-corrected chi connectivity index (χ3v) is 5.80. The monoisotopic (exact) mass is 516 g/mol. The highest BCUT2D eigenvalue weighted by molar-refractivity contribution is 6.06. The van der Waals surface area contributed by atoms with Gasteiger partial charge in [-0.15, -0.1) is 0 Å². The summed E-state index contributed by atoms with van der Waals surface area (Å²) in [4.78, 5) is 0. The van der Waals surface area contributed by atoms with Crippen LogP contribution in [0.4, 0.5) is 0 Å². The van der Waals surface area contributed by atoms with Gasteiger partial charge in [-0.1, -0.05) is 54.6 Å². The van der Waals surface area contributed by atoms with Crippen molar-refractivity contribution in [2.24, 2.45) is 0 Å². The minimum absolute atomic E-state index is 0. The summed E-state index contributed by atoms with van der Waals surface area (Å²) < 4.78 is 4.58. The van der Waals surface area contributed by atoms with Crippen LogP contribution in [0.1, 0.15) is 23.7 Å². The van der Waals surface area contributed by atoms with E-state index in [4.69, 9.17) is 0 Å². The molecule has 154 valence electrons. The van der Waals surface area contributed by atoms with Crippen LogP contribution in [0.15, 0.2) is 91.3 Å². The number of aromatic nitrogens is 2. The quantitative estimate of drug-likeness (QED) is 0.196. The molecule has 3 aromatic carbocycles. The predicted octanol–water partition coefficient (Wildman–Crippen LogP) is 3.57. The molecule has 0 fully saturated rings. The Kier molecular flexibility index (Phi) is 6.23. The molecule has 0 aliphatic carbocycles. The second-order valence-electron chi connectivity index (χ2n) is 7.69. The van der Waals surface area contributed by atoms with Crippen molar-refractivity contribution in [1.82, 2.24) is 4.57 Å². The van der Waals surface area contributed by atoms with Gasteiger partial charge in [-0.3, -0.25) is 0 Å². The first kappa shape index (κ1) is 21.3. The number of fused-ring (bicyclic) bond motifs is 3. The maximum Gasteiger partial charge on any atom is 0.220 e. The van der Waals surface area contributed by atoms with Crippen molar-refractivity contribution in [3.05, 3.63) is 108 Å². The van der Waals surface area contributed by atoms with E-state index in [0.717, 1.165) is 6.54 Å². The Balaban J connectivity index is 0.00000231. The van der Waals surface area contributed by atoms with E-state index in [1.807, 2.05) is 0 Å². The number of rotatable bonds is 4. The van der Waals surface area contributed by atoms with Crippen molar-refractivity contribution >= 4 is 33.8 Å². The highest BCUT2D eigenvalue weighted by atomic mass is 127. The fourth-order valence-corrected chi connectivity index (χ4v) is 4.28. The Labute approximate surface area is 200 Å². The molecule has 2 nitrogen and oxygen atoms in total. The largest absolute Gasteiger partial charge is 1.00 e. The van der Waals surface area contributed by atoms with Gasteiger partial charge in [-0.05, 0) is 60.7 Å². The van der Waals surface area contributed by atoms with Gasteiger partial charge >= 0.3 is 0 Å². The Morgan fingerprint density at radius 3 is 2.42 bits per heavy atom. The first-order valence-electron chi connectivity index (χ1n) is 10.5. The van der Waals surface area contributed by atoms with Crippen molar-refractivity contribution in [3.8, 4) is 5.69 Å². The van der Waals surface area contributed by atoms with E-state index >= 15 is 0 Å². The molecule has 0 saturated heterocycles. The fourth-order valence-electron chi connectivity index (χ4n) is 4.28. The molecule has 5 aromatic rings. The average molecular weight is 516 g/mol. The van der Waals surface area contributed by atoms with E-state index in [1.54, 1.807) is 0 Å². The summed E-state index contributed by atoms with van der Waals surface area (Å²) in [6.07, 6.45) is 8.86. The van der Waals surface area contributed by atoms with Crippen LogP contribution in [0.5, 0.6) is 0 Å². The molecule has 0 saturated carbocycles. The molecule has 0 bridgehead atoms. The molecule has 0 radical (unpaired) electrons. The van der Waals surface area contributed by atoms with E-state index in [0.29, 0.717) is 0 Å². The van der Waals surface area contributed by atoms with Gasteiger partial charge in [-0.25, -0.2) is 0 Å². The molecule has 0 atom stereocenters. The summed E-state index contributed by atoms with van der Waals surface area (Å²) in [6.45, 7) is 5.30. The smallest absolute Gasteiger partial charge is 0.220 e. The predicted molar refractivity (Wildman–Crippen MR) is 127 cm³/mol. The third-order valence-electron chi connectivity index (χ3n) is 5.80. The number of halogens is 1. The van der Waals surface area contributed by atoms with Crippen LogP contribution in [-0.4, -0.2) is 4.57 Å². The van der Waals surface area contributed by atoms with Gasteiger partial charge in [0.1, 0.15) is 6.54 Å². The minimum atomic E-state index is 0. The number of pyridine rings is 1. The van der Waals surface area contributed by atoms with Gasteiger partial charge in [0.2, 0.25) is 5.52 Å². The lowest BCUT2D eigenvalue weighted by Crippen LogP contribution is -3.00. The molecule has 31 heavy (non-hydrogen) atoms. The van der Waals surface area contributed by atoms with Gasteiger partial charge in [0.05, 0.1) is 10.8 Å². The second-order valence-corrected chi connectivity index (χ2v) is 7.69. The average Bonchev–Trinajstić information content (AvgIpc) is 3.18. The number of para-hydroxylation sites is 1. The van der Waals surface area contributed by atoms with Crippen LogP contribution in [0.2, 0.25) is 0 Å². The SMILES string of the molecule is CC[n+]1ccc(/C=C/c2cc(C)n(-c3ccccc3)c2)c2ccc3ccccc3c21.[I-]. The zero-order chi connectivity index (χ0) is 20.5. The highest BCUT2D eigenvalue weighted by Gasteiger charge is 2.14. The summed E-state index contributed by atoms with van der Waals surface area (Å²) in [7, 11) is 0. The minimum Gasteiger partial charge on any atom is -1.00 e. The van der Waals surface area contributed by atoms with Gasteiger partial charge in [0, 0.05) is 23.6 Å². The van der Waals surface area contributed by atoms with Crippen LogP contribution in [-0.2, 0) is 6.54 Å². The van der Waals surface area contributed by atoms with Gasteiger partial charge in [0.15, 0.2) is 6.20 Å². The molecule has 0 N–H and O–H groups in total. The third kappa shape index (κ3) is 4.02. The Morgan fingerprint density at radius 2 is 1.61 bits per heavy atom. The lowest BCUT2D eigenvalue weighted by atomic mass is 10.0. The van der Waals surface area contributed by atoms with Crippen LogP contribution in [0, 0.1) is 6.92 Å². The molecule has 3 heteroatoms. The van der Waals surface area contributed by atoms with Gasteiger partial charge in [0.25, 0.3) is 0 Å². The lowest BCUT2D eigenvalue weighted by molar-refractivity contribution is -0.667. The summed E-state index contributed by atoms with van der Waals surface area (Å²) in [5, 5.41) is 3.87. The maximum atomic E-state index is 2.34. The number of aryl methyl sites for hydroxylation is 2. The second kappa shape index (κ2) is 9.06. The first-order chi connectivity index (χ1) is 14.7. The van der Waals surface area contributed by atoms with Crippen molar-refractivity contribution in [1.29, 1.82) is 0 Å². The molecular formula is C28H25IN2. The summed E-state index contributed by atoms with van der Waals surface area (Å²) in [5.74, 6) is 0. The Bertz CT molecular complexity index is 1380. The number of hydrogen-bond donors (Lipinski definition) is 0. The Morgan fingerprint density at radius 1 is 0.839 bits per heavy atom. The molecule has 0 spiro atoms. The normalized spacial score (nSPS) is 11.3. The first-order valence-corrected chi connectivity index (χ1v) is 10.5. The highest BCUT2D eigenvalue weighted by Crippen LogP contribution is 2.26.